The van der Waals surface area contributed by atoms with Crippen LogP contribution in [-0.4, -0.2) is 19.9 Å². The van der Waals surface area contributed by atoms with Crippen LogP contribution in [-0.2, 0) is 6.42 Å². The van der Waals surface area contributed by atoms with Crippen molar-refractivity contribution in [3.8, 4) is 28.7 Å². The molecule has 0 unspecified atom stereocenters. The highest BCUT2D eigenvalue weighted by Crippen LogP contribution is 2.20. The summed E-state index contributed by atoms with van der Waals surface area (Å²) in [7, 11) is 0. The Balaban J connectivity index is 1.71. The van der Waals surface area contributed by atoms with E-state index >= 15 is 0 Å². The molecule has 2 aromatic heterocycles. The van der Waals surface area contributed by atoms with Crippen molar-refractivity contribution in [2.45, 2.75) is 13.3 Å². The second-order valence-corrected chi connectivity index (χ2v) is 5.92. The Morgan fingerprint density at radius 2 is 1.78 bits per heavy atom. The van der Waals surface area contributed by atoms with Crippen LogP contribution in [0.25, 0.3) is 28.7 Å². The minimum atomic E-state index is -0.357. The van der Waals surface area contributed by atoms with E-state index in [1.807, 2.05) is 24.3 Å². The Morgan fingerprint density at radius 3 is 2.48 bits per heavy atom. The van der Waals surface area contributed by atoms with Crippen LogP contribution in [0.4, 0.5) is 4.39 Å². The number of hydrogen-bond acceptors (Lipinski definition) is 5. The van der Waals surface area contributed by atoms with Crippen LogP contribution in [0.3, 0.4) is 0 Å². The number of benzene rings is 2. The van der Waals surface area contributed by atoms with Crippen molar-refractivity contribution in [3.05, 3.63) is 82.4 Å². The van der Waals surface area contributed by atoms with Gasteiger partial charge in [-0.3, -0.25) is 4.79 Å². The summed E-state index contributed by atoms with van der Waals surface area (Å²) in [5.74, 6) is -0.0862. The van der Waals surface area contributed by atoms with Crippen LogP contribution in [0.5, 0.6) is 0 Å². The van der Waals surface area contributed by atoms with Gasteiger partial charge in [0.05, 0.1) is 5.69 Å². The fourth-order valence-electron chi connectivity index (χ4n) is 2.62. The molecule has 0 radical (unpaired) electrons. The van der Waals surface area contributed by atoms with Crippen LogP contribution < -0.4 is 5.43 Å². The Morgan fingerprint density at radius 1 is 1.04 bits per heavy atom. The lowest BCUT2D eigenvalue weighted by atomic mass is 10.1. The predicted octanol–water partition coefficient (Wildman–Crippen LogP) is 3.65. The van der Waals surface area contributed by atoms with Crippen molar-refractivity contribution < 1.29 is 8.91 Å². The normalized spacial score (nSPS) is 10.9. The average Bonchev–Trinajstić information content (AvgIpc) is 3.19. The van der Waals surface area contributed by atoms with Gasteiger partial charge in [-0.25, -0.2) is 9.07 Å². The molecule has 0 bridgehead atoms. The Bertz CT molecular complexity index is 1130. The predicted molar refractivity (Wildman–Crippen MR) is 97.9 cm³/mol. The fraction of sp³-hybridized carbons (Fsp3) is 0.100. The quantitative estimate of drug-likeness (QED) is 0.554. The van der Waals surface area contributed by atoms with E-state index < -0.39 is 0 Å². The zero-order chi connectivity index (χ0) is 18.8. The summed E-state index contributed by atoms with van der Waals surface area (Å²) < 4.78 is 19.9. The number of rotatable bonds is 4. The van der Waals surface area contributed by atoms with Gasteiger partial charge in [0.15, 0.2) is 5.69 Å². The van der Waals surface area contributed by atoms with Gasteiger partial charge in [-0.05, 0) is 48.4 Å². The van der Waals surface area contributed by atoms with E-state index in [0.29, 0.717) is 5.56 Å². The molecule has 7 heteroatoms. The smallest absolute Gasteiger partial charge is 0.282 e. The lowest BCUT2D eigenvalue weighted by Crippen LogP contribution is -2.12. The van der Waals surface area contributed by atoms with Gasteiger partial charge in [0.2, 0.25) is 11.3 Å². The topological polar surface area (TPSA) is 73.8 Å². The molecular formula is C20H15FN4O2. The van der Waals surface area contributed by atoms with Gasteiger partial charge in [-0.15, -0.1) is 0 Å². The van der Waals surface area contributed by atoms with Crippen LogP contribution >= 0.6 is 0 Å². The third-order valence-electron chi connectivity index (χ3n) is 4.15. The summed E-state index contributed by atoms with van der Waals surface area (Å²) in [6.07, 6.45) is 2.53. The Labute approximate surface area is 153 Å². The summed E-state index contributed by atoms with van der Waals surface area (Å²) >= 11 is 0. The molecule has 4 rings (SSSR count). The fourth-order valence-corrected chi connectivity index (χ4v) is 2.62. The Hall–Kier alpha value is -3.61. The van der Waals surface area contributed by atoms with E-state index in [4.69, 9.17) is 4.52 Å². The zero-order valence-electron chi connectivity index (χ0n) is 14.5. The molecule has 0 amide bonds. The third kappa shape index (κ3) is 3.39. The first-order chi connectivity index (χ1) is 13.1. The minimum absolute atomic E-state index is 0.0128. The molecule has 0 saturated heterocycles. The summed E-state index contributed by atoms with van der Waals surface area (Å²) in [5.41, 5.74) is 2.33. The molecule has 6 nitrogen and oxygen atoms in total. The molecular weight excluding hydrogens is 347 g/mol. The van der Waals surface area contributed by atoms with Crippen molar-refractivity contribution in [1.82, 2.24) is 19.9 Å². The molecule has 27 heavy (non-hydrogen) atoms. The van der Waals surface area contributed by atoms with E-state index in [2.05, 4.69) is 22.2 Å². The van der Waals surface area contributed by atoms with Crippen LogP contribution in [0, 0.1) is 5.82 Å². The molecule has 0 aliphatic rings. The monoisotopic (exact) mass is 362 g/mol. The maximum absolute atomic E-state index is 13.1. The first kappa shape index (κ1) is 16.8. The number of nitrogens with zero attached hydrogens (tertiary/aromatic N) is 4. The van der Waals surface area contributed by atoms with E-state index in [0.717, 1.165) is 12.1 Å². The molecule has 2 heterocycles. The number of aryl methyl sites for hydroxylation is 1. The summed E-state index contributed by atoms with van der Waals surface area (Å²) in [6, 6.07) is 15.0. The molecule has 4 aromatic rings. The average molecular weight is 362 g/mol. The Kier molecular flexibility index (Phi) is 4.33. The van der Waals surface area contributed by atoms with Crippen molar-refractivity contribution in [1.29, 1.82) is 0 Å². The summed E-state index contributed by atoms with van der Waals surface area (Å²) in [4.78, 5) is 16.5. The maximum Gasteiger partial charge on any atom is 0.282 e. The molecule has 0 fully saturated rings. The second kappa shape index (κ2) is 6.95. The highest BCUT2D eigenvalue weighted by atomic mass is 19.1. The van der Waals surface area contributed by atoms with Gasteiger partial charge in [0.1, 0.15) is 5.82 Å². The standard InChI is InChI=1S/C20H15FN4O2/c1-2-13-3-9-16(10-4-13)25-12-11-17(26)18(23-25)20-22-19(24-27-20)14-5-7-15(21)8-6-14/h3-12H,2H2,1H3. The van der Waals surface area contributed by atoms with Gasteiger partial charge >= 0.3 is 0 Å². The van der Waals surface area contributed by atoms with Gasteiger partial charge in [0, 0.05) is 17.8 Å². The number of aromatic nitrogens is 4. The summed E-state index contributed by atoms with van der Waals surface area (Å²) in [6.45, 7) is 2.08. The number of halogens is 1. The van der Waals surface area contributed by atoms with Crippen molar-refractivity contribution in [2.75, 3.05) is 0 Å². The molecule has 134 valence electrons. The van der Waals surface area contributed by atoms with E-state index in [1.54, 1.807) is 10.9 Å². The van der Waals surface area contributed by atoms with Gasteiger partial charge < -0.3 is 4.52 Å². The lowest BCUT2D eigenvalue weighted by molar-refractivity contribution is 0.429. The maximum atomic E-state index is 13.1. The van der Waals surface area contributed by atoms with Crippen LogP contribution in [0.1, 0.15) is 12.5 Å². The first-order valence-corrected chi connectivity index (χ1v) is 8.43. The molecule has 0 N–H and O–H groups in total. The first-order valence-electron chi connectivity index (χ1n) is 8.43. The van der Waals surface area contributed by atoms with Crippen molar-refractivity contribution in [3.63, 3.8) is 0 Å². The second-order valence-electron chi connectivity index (χ2n) is 5.92. The molecule has 0 spiro atoms. The highest BCUT2D eigenvalue weighted by molar-refractivity contribution is 5.57. The molecule has 2 aromatic carbocycles. The summed E-state index contributed by atoms with van der Waals surface area (Å²) in [5, 5.41) is 8.20. The molecule has 0 aliphatic carbocycles. The van der Waals surface area contributed by atoms with Crippen molar-refractivity contribution >= 4 is 0 Å². The zero-order valence-corrected chi connectivity index (χ0v) is 14.5. The van der Waals surface area contributed by atoms with Gasteiger partial charge in [0.25, 0.3) is 5.89 Å². The van der Waals surface area contributed by atoms with E-state index in [9.17, 15) is 9.18 Å². The minimum Gasteiger partial charge on any atom is -0.332 e. The number of hydrogen-bond donors (Lipinski definition) is 0. The largest absolute Gasteiger partial charge is 0.332 e. The van der Waals surface area contributed by atoms with Gasteiger partial charge in [-0.2, -0.15) is 10.1 Å². The lowest BCUT2D eigenvalue weighted by Gasteiger charge is -2.06. The van der Waals surface area contributed by atoms with E-state index in [-0.39, 0.29) is 28.7 Å². The molecule has 0 atom stereocenters. The van der Waals surface area contributed by atoms with Crippen LogP contribution in [0.2, 0.25) is 0 Å². The molecule has 0 saturated carbocycles. The van der Waals surface area contributed by atoms with Gasteiger partial charge in [-0.1, -0.05) is 24.2 Å². The van der Waals surface area contributed by atoms with Crippen molar-refractivity contribution in [2.24, 2.45) is 0 Å². The van der Waals surface area contributed by atoms with Crippen LogP contribution in [0.15, 0.2) is 70.1 Å². The SMILES string of the molecule is CCc1ccc(-n2ccc(=O)c(-c3nc(-c4ccc(F)cc4)no3)n2)cc1. The third-order valence-corrected chi connectivity index (χ3v) is 4.15. The highest BCUT2D eigenvalue weighted by Gasteiger charge is 2.16. The van der Waals surface area contributed by atoms with E-state index in [1.165, 1.54) is 35.9 Å². The molecule has 0 aliphatic heterocycles.